The lowest BCUT2D eigenvalue weighted by molar-refractivity contribution is -0.385. The summed E-state index contributed by atoms with van der Waals surface area (Å²) in [5.41, 5.74) is 0.170. The summed E-state index contributed by atoms with van der Waals surface area (Å²) in [6.45, 7) is 4.03. The second-order valence-corrected chi connectivity index (χ2v) is 5.12. The lowest BCUT2D eigenvalue weighted by Gasteiger charge is -1.95. The van der Waals surface area contributed by atoms with Gasteiger partial charge in [0.25, 0.3) is 5.69 Å². The van der Waals surface area contributed by atoms with Gasteiger partial charge in [0, 0.05) is 10.9 Å². The minimum absolute atomic E-state index is 0.170. The molecule has 0 unspecified atom stereocenters. The van der Waals surface area contributed by atoms with Crippen molar-refractivity contribution in [2.45, 2.75) is 19.8 Å². The summed E-state index contributed by atoms with van der Waals surface area (Å²) in [4.78, 5) is 11.1. The molecular formula is C7H8BrNO2S. The van der Waals surface area contributed by atoms with E-state index in [4.69, 9.17) is 0 Å². The van der Waals surface area contributed by atoms with E-state index < -0.39 is 0 Å². The highest BCUT2D eigenvalue weighted by Gasteiger charge is 2.17. The van der Waals surface area contributed by atoms with Crippen LogP contribution in [-0.4, -0.2) is 4.92 Å². The Morgan fingerprint density at radius 1 is 1.67 bits per heavy atom. The second-order valence-electron chi connectivity index (χ2n) is 2.72. The van der Waals surface area contributed by atoms with E-state index in [2.05, 4.69) is 15.9 Å². The number of hydrogen-bond acceptors (Lipinski definition) is 3. The fraction of sp³-hybridized carbons (Fsp3) is 0.429. The molecule has 0 aliphatic heterocycles. The van der Waals surface area contributed by atoms with E-state index in [1.807, 2.05) is 13.8 Å². The summed E-state index contributed by atoms with van der Waals surface area (Å²) in [5, 5.41) is 10.4. The molecule has 3 nitrogen and oxygen atoms in total. The Labute approximate surface area is 82.7 Å². The number of rotatable bonds is 2. The van der Waals surface area contributed by atoms with Crippen molar-refractivity contribution in [2.24, 2.45) is 0 Å². The lowest BCUT2D eigenvalue weighted by Crippen LogP contribution is -1.85. The molecule has 66 valence electrons. The van der Waals surface area contributed by atoms with Gasteiger partial charge in [0.15, 0.2) is 0 Å². The van der Waals surface area contributed by atoms with E-state index in [1.165, 1.54) is 11.3 Å². The topological polar surface area (TPSA) is 43.1 Å². The normalized spacial score (nSPS) is 10.7. The fourth-order valence-corrected chi connectivity index (χ4v) is 2.46. The minimum atomic E-state index is -0.369. The molecule has 0 aliphatic carbocycles. The number of halogens is 1. The van der Waals surface area contributed by atoms with Crippen LogP contribution in [0.2, 0.25) is 0 Å². The quantitative estimate of drug-likeness (QED) is 0.595. The zero-order valence-corrected chi connectivity index (χ0v) is 9.11. The third kappa shape index (κ3) is 1.84. The summed E-state index contributed by atoms with van der Waals surface area (Å²) < 4.78 is 0.608. The molecule has 0 aromatic carbocycles. The van der Waals surface area contributed by atoms with Gasteiger partial charge in [-0.25, -0.2) is 0 Å². The summed E-state index contributed by atoms with van der Waals surface area (Å²) >= 11 is 4.59. The molecule has 5 heteroatoms. The first-order valence-corrected chi connectivity index (χ1v) is 5.07. The largest absolute Gasteiger partial charge is 0.294 e. The molecule has 0 saturated carbocycles. The first-order chi connectivity index (χ1) is 5.52. The van der Waals surface area contributed by atoms with Crippen LogP contribution in [0.5, 0.6) is 0 Å². The van der Waals surface area contributed by atoms with Gasteiger partial charge >= 0.3 is 0 Å². The summed E-state index contributed by atoms with van der Waals surface area (Å²) in [6.07, 6.45) is 0. The number of thiophene rings is 1. The Kier molecular flexibility index (Phi) is 2.85. The van der Waals surface area contributed by atoms with Gasteiger partial charge in [-0.15, -0.1) is 11.3 Å². The van der Waals surface area contributed by atoms with Gasteiger partial charge in [-0.3, -0.25) is 10.1 Å². The zero-order valence-electron chi connectivity index (χ0n) is 6.70. The fourth-order valence-electron chi connectivity index (χ4n) is 0.786. The van der Waals surface area contributed by atoms with E-state index in [1.54, 1.807) is 6.07 Å². The second kappa shape index (κ2) is 3.53. The molecule has 1 heterocycles. The first-order valence-electron chi connectivity index (χ1n) is 3.46. The molecule has 1 aromatic rings. The van der Waals surface area contributed by atoms with Crippen LogP contribution in [0.15, 0.2) is 9.85 Å². The van der Waals surface area contributed by atoms with Crippen molar-refractivity contribution in [3.63, 3.8) is 0 Å². The molecule has 0 fully saturated rings. The number of nitrogens with zero attached hydrogens (tertiary/aromatic N) is 1. The predicted octanol–water partition coefficient (Wildman–Crippen LogP) is 3.54. The summed E-state index contributed by atoms with van der Waals surface area (Å²) in [5.74, 6) is 0.347. The van der Waals surface area contributed by atoms with Gasteiger partial charge < -0.3 is 0 Å². The van der Waals surface area contributed by atoms with Crippen molar-refractivity contribution < 1.29 is 4.92 Å². The van der Waals surface area contributed by atoms with Crippen LogP contribution >= 0.6 is 27.3 Å². The van der Waals surface area contributed by atoms with Crippen LogP contribution in [0.25, 0.3) is 0 Å². The highest BCUT2D eigenvalue weighted by molar-refractivity contribution is 9.11. The Morgan fingerprint density at radius 2 is 2.25 bits per heavy atom. The van der Waals surface area contributed by atoms with E-state index in [-0.39, 0.29) is 10.6 Å². The molecule has 0 N–H and O–H groups in total. The third-order valence-corrected chi connectivity index (χ3v) is 3.56. The molecule has 0 atom stereocenters. The molecular weight excluding hydrogens is 242 g/mol. The lowest BCUT2D eigenvalue weighted by atomic mass is 10.2. The van der Waals surface area contributed by atoms with Gasteiger partial charge in [-0.1, -0.05) is 13.8 Å². The molecule has 1 aromatic heterocycles. The Morgan fingerprint density at radius 3 is 2.50 bits per heavy atom. The van der Waals surface area contributed by atoms with Crippen molar-refractivity contribution in [2.75, 3.05) is 0 Å². The third-order valence-electron chi connectivity index (χ3n) is 1.45. The van der Waals surface area contributed by atoms with Gasteiger partial charge in [0.2, 0.25) is 0 Å². The van der Waals surface area contributed by atoms with Crippen molar-refractivity contribution in [3.05, 3.63) is 24.8 Å². The van der Waals surface area contributed by atoms with E-state index in [9.17, 15) is 10.1 Å². The molecule has 0 spiro atoms. The van der Waals surface area contributed by atoms with Crippen LogP contribution in [0, 0.1) is 10.1 Å². The molecule has 0 bridgehead atoms. The van der Waals surface area contributed by atoms with Crippen LogP contribution in [-0.2, 0) is 0 Å². The monoisotopic (exact) mass is 249 g/mol. The van der Waals surface area contributed by atoms with E-state index in [0.29, 0.717) is 9.70 Å². The molecule has 12 heavy (non-hydrogen) atoms. The predicted molar refractivity (Wildman–Crippen MR) is 52.8 cm³/mol. The SMILES string of the molecule is CC(C)c1cc([N+](=O)[O-])c(Br)s1. The van der Waals surface area contributed by atoms with Gasteiger partial charge in [-0.05, 0) is 21.8 Å². The summed E-state index contributed by atoms with van der Waals surface area (Å²) in [6, 6.07) is 1.62. The number of hydrogen-bond donors (Lipinski definition) is 0. The van der Waals surface area contributed by atoms with Crippen LogP contribution in [0.1, 0.15) is 24.6 Å². The van der Waals surface area contributed by atoms with Crippen LogP contribution in [0.4, 0.5) is 5.69 Å². The van der Waals surface area contributed by atoms with Crippen LogP contribution in [0.3, 0.4) is 0 Å². The smallest absolute Gasteiger partial charge is 0.258 e. The van der Waals surface area contributed by atoms with E-state index in [0.717, 1.165) is 4.88 Å². The maximum atomic E-state index is 10.4. The standard InChI is InChI=1S/C7H8BrNO2S/c1-4(2)6-3-5(9(10)11)7(8)12-6/h3-4H,1-2H3. The van der Waals surface area contributed by atoms with Gasteiger partial charge in [-0.2, -0.15) is 0 Å². The Balaban J connectivity index is 3.09. The molecule has 0 radical (unpaired) electrons. The number of nitro groups is 1. The van der Waals surface area contributed by atoms with Crippen molar-refractivity contribution in [1.82, 2.24) is 0 Å². The molecule has 0 saturated heterocycles. The Bertz CT molecular complexity index is 308. The highest BCUT2D eigenvalue weighted by Crippen LogP contribution is 2.37. The average Bonchev–Trinajstić information content (AvgIpc) is 2.30. The Hall–Kier alpha value is -0.420. The maximum Gasteiger partial charge on any atom is 0.294 e. The molecule has 0 amide bonds. The zero-order chi connectivity index (χ0) is 9.30. The van der Waals surface area contributed by atoms with Gasteiger partial charge in [0.1, 0.15) is 3.79 Å². The molecule has 1 rings (SSSR count). The van der Waals surface area contributed by atoms with E-state index >= 15 is 0 Å². The molecule has 0 aliphatic rings. The van der Waals surface area contributed by atoms with Gasteiger partial charge in [0.05, 0.1) is 4.92 Å². The minimum Gasteiger partial charge on any atom is -0.258 e. The van der Waals surface area contributed by atoms with Crippen molar-refractivity contribution in [1.29, 1.82) is 0 Å². The summed E-state index contributed by atoms with van der Waals surface area (Å²) in [7, 11) is 0. The van der Waals surface area contributed by atoms with Crippen LogP contribution < -0.4 is 0 Å². The average molecular weight is 250 g/mol. The highest BCUT2D eigenvalue weighted by atomic mass is 79.9. The van der Waals surface area contributed by atoms with Crippen molar-refractivity contribution >= 4 is 33.0 Å². The maximum absolute atomic E-state index is 10.4. The van der Waals surface area contributed by atoms with Crippen molar-refractivity contribution in [3.8, 4) is 0 Å². The first kappa shape index (κ1) is 9.67.